The van der Waals surface area contributed by atoms with Gasteiger partial charge in [0.1, 0.15) is 5.82 Å². The molecule has 9 nitrogen and oxygen atoms in total. The van der Waals surface area contributed by atoms with Crippen LogP contribution in [0.15, 0.2) is 44.7 Å². The van der Waals surface area contributed by atoms with Crippen LogP contribution in [-0.4, -0.2) is 49.3 Å². The van der Waals surface area contributed by atoms with E-state index in [2.05, 4.69) is 26.0 Å². The van der Waals surface area contributed by atoms with Gasteiger partial charge < -0.3 is 18.9 Å². The van der Waals surface area contributed by atoms with Gasteiger partial charge in [0.05, 0.1) is 38.4 Å². The van der Waals surface area contributed by atoms with Crippen molar-refractivity contribution in [3.63, 3.8) is 0 Å². The summed E-state index contributed by atoms with van der Waals surface area (Å²) in [5.74, 6) is 0.796. The molecule has 3 aromatic rings. The van der Waals surface area contributed by atoms with E-state index >= 15 is 0 Å². The Morgan fingerprint density at radius 1 is 1.16 bits per heavy atom. The molecule has 0 radical (unpaired) electrons. The molecule has 0 amide bonds. The van der Waals surface area contributed by atoms with E-state index in [-0.39, 0.29) is 11.3 Å². The Bertz CT molecular complexity index is 1230. The smallest absolute Gasteiger partial charge is 0.346 e. The Labute approximate surface area is 192 Å². The van der Waals surface area contributed by atoms with Crippen LogP contribution in [0.25, 0.3) is 10.9 Å². The second-order valence-electron chi connectivity index (χ2n) is 6.72. The number of nitrogens with zero attached hydrogens (tertiary/aromatic N) is 3. The highest BCUT2D eigenvalue weighted by molar-refractivity contribution is 9.10. The first kappa shape index (κ1) is 23.3. The van der Waals surface area contributed by atoms with E-state index in [4.69, 9.17) is 18.9 Å². The standard InChI is InChI=1S/C22H22BrN3O6/c1-12(22(28)31-5)32-20-18(29-3)8-14(9-19(20)30-4)11-24-26-13(2)25-17-7-6-15(23)10-16(17)21(26)27/h6-12H,1-5H3/t12-/m0/s1. The molecule has 0 saturated carbocycles. The third-order valence-corrected chi connectivity index (χ3v) is 5.10. The van der Waals surface area contributed by atoms with Gasteiger partial charge in [-0.2, -0.15) is 9.78 Å². The highest BCUT2D eigenvalue weighted by Crippen LogP contribution is 2.39. The summed E-state index contributed by atoms with van der Waals surface area (Å²) in [7, 11) is 4.21. The van der Waals surface area contributed by atoms with E-state index < -0.39 is 12.1 Å². The molecule has 2 aromatic carbocycles. The molecule has 3 rings (SSSR count). The molecule has 0 bridgehead atoms. The number of carbonyl (C=O) groups excluding carboxylic acids is 1. The fourth-order valence-electron chi connectivity index (χ4n) is 3.00. The summed E-state index contributed by atoms with van der Waals surface area (Å²) in [6, 6.07) is 8.60. The van der Waals surface area contributed by atoms with Crippen LogP contribution in [0.3, 0.4) is 0 Å². The monoisotopic (exact) mass is 503 g/mol. The van der Waals surface area contributed by atoms with Crippen molar-refractivity contribution in [1.82, 2.24) is 9.66 Å². The third kappa shape index (κ3) is 4.75. The minimum Gasteiger partial charge on any atom is -0.493 e. The van der Waals surface area contributed by atoms with Crippen LogP contribution in [0.1, 0.15) is 18.3 Å². The Hall–Kier alpha value is -3.40. The van der Waals surface area contributed by atoms with Crippen molar-refractivity contribution in [2.45, 2.75) is 20.0 Å². The van der Waals surface area contributed by atoms with Gasteiger partial charge in [-0.1, -0.05) is 15.9 Å². The lowest BCUT2D eigenvalue weighted by Gasteiger charge is -2.18. The van der Waals surface area contributed by atoms with Crippen LogP contribution >= 0.6 is 15.9 Å². The van der Waals surface area contributed by atoms with Crippen molar-refractivity contribution in [3.05, 3.63) is 56.5 Å². The largest absolute Gasteiger partial charge is 0.493 e. The van der Waals surface area contributed by atoms with E-state index in [1.807, 2.05) is 6.07 Å². The van der Waals surface area contributed by atoms with Gasteiger partial charge in [0, 0.05) is 10.0 Å². The first-order chi connectivity index (χ1) is 15.3. The zero-order valence-electron chi connectivity index (χ0n) is 18.2. The molecule has 32 heavy (non-hydrogen) atoms. The molecule has 0 unspecified atom stereocenters. The first-order valence-corrected chi connectivity index (χ1v) is 10.3. The van der Waals surface area contributed by atoms with Crippen LogP contribution in [0.4, 0.5) is 0 Å². The minimum atomic E-state index is -0.869. The predicted octanol–water partition coefficient (Wildman–Crippen LogP) is 3.31. The maximum absolute atomic E-state index is 12.9. The summed E-state index contributed by atoms with van der Waals surface area (Å²) < 4.78 is 23.2. The maximum Gasteiger partial charge on any atom is 0.346 e. The number of ether oxygens (including phenoxy) is 4. The molecule has 0 aliphatic carbocycles. The average molecular weight is 504 g/mol. The molecule has 168 valence electrons. The second kappa shape index (κ2) is 9.82. The molecular weight excluding hydrogens is 482 g/mol. The zero-order chi connectivity index (χ0) is 23.4. The van der Waals surface area contributed by atoms with Crippen molar-refractivity contribution in [2.24, 2.45) is 5.10 Å². The van der Waals surface area contributed by atoms with Gasteiger partial charge in [0.2, 0.25) is 5.75 Å². The summed E-state index contributed by atoms with van der Waals surface area (Å²) >= 11 is 3.37. The number of carbonyl (C=O) groups is 1. The molecule has 0 fully saturated rings. The fraction of sp³-hybridized carbons (Fsp3) is 0.273. The van der Waals surface area contributed by atoms with Crippen LogP contribution in [0, 0.1) is 6.92 Å². The van der Waals surface area contributed by atoms with Crippen molar-refractivity contribution in [3.8, 4) is 17.2 Å². The highest BCUT2D eigenvalue weighted by Gasteiger charge is 2.21. The molecule has 1 atom stereocenters. The van der Waals surface area contributed by atoms with E-state index in [1.165, 1.54) is 32.2 Å². The van der Waals surface area contributed by atoms with Gasteiger partial charge in [-0.3, -0.25) is 4.79 Å². The summed E-state index contributed by atoms with van der Waals surface area (Å²) in [5, 5.41) is 4.76. The molecule has 1 aromatic heterocycles. The lowest BCUT2D eigenvalue weighted by atomic mass is 10.2. The topological polar surface area (TPSA) is 101 Å². The number of rotatable bonds is 7. The number of halogens is 1. The average Bonchev–Trinajstić information content (AvgIpc) is 2.79. The Morgan fingerprint density at radius 2 is 1.81 bits per heavy atom. The van der Waals surface area contributed by atoms with Crippen LogP contribution < -0.4 is 19.8 Å². The Kier molecular flexibility index (Phi) is 7.14. The normalized spacial score (nSPS) is 12.1. The number of benzene rings is 2. The van der Waals surface area contributed by atoms with E-state index in [9.17, 15) is 9.59 Å². The molecule has 1 heterocycles. The highest BCUT2D eigenvalue weighted by atomic mass is 79.9. The van der Waals surface area contributed by atoms with Crippen molar-refractivity contribution in [2.75, 3.05) is 21.3 Å². The van der Waals surface area contributed by atoms with E-state index in [0.717, 1.165) is 4.47 Å². The zero-order valence-corrected chi connectivity index (χ0v) is 19.8. The fourth-order valence-corrected chi connectivity index (χ4v) is 3.36. The molecule has 0 aliphatic rings. The summed E-state index contributed by atoms with van der Waals surface area (Å²) in [6.45, 7) is 3.26. The van der Waals surface area contributed by atoms with Gasteiger partial charge in [-0.25, -0.2) is 9.78 Å². The number of fused-ring (bicyclic) bond motifs is 1. The molecule has 0 spiro atoms. The van der Waals surface area contributed by atoms with Crippen molar-refractivity contribution in [1.29, 1.82) is 0 Å². The number of esters is 1. The van der Waals surface area contributed by atoms with E-state index in [1.54, 1.807) is 38.1 Å². The van der Waals surface area contributed by atoms with Gasteiger partial charge in [0.25, 0.3) is 5.56 Å². The number of aromatic nitrogens is 2. The summed E-state index contributed by atoms with van der Waals surface area (Å²) in [4.78, 5) is 29.1. The quantitative estimate of drug-likeness (QED) is 0.360. The van der Waals surface area contributed by atoms with Crippen molar-refractivity contribution >= 4 is 39.0 Å². The maximum atomic E-state index is 12.9. The Balaban J connectivity index is 2.02. The molecule has 0 saturated heterocycles. The van der Waals surface area contributed by atoms with Gasteiger partial charge in [-0.15, -0.1) is 0 Å². The number of aryl methyl sites for hydroxylation is 1. The van der Waals surface area contributed by atoms with Crippen LogP contribution in [0.2, 0.25) is 0 Å². The van der Waals surface area contributed by atoms with Gasteiger partial charge in [0.15, 0.2) is 17.6 Å². The molecular formula is C22H22BrN3O6. The SMILES string of the molecule is COC(=O)[C@H](C)Oc1c(OC)cc(C=Nn2c(C)nc3ccc(Br)cc3c2=O)cc1OC. The second-order valence-corrected chi connectivity index (χ2v) is 7.64. The number of hydrogen-bond acceptors (Lipinski definition) is 8. The number of hydrogen-bond donors (Lipinski definition) is 0. The molecule has 0 aliphatic heterocycles. The van der Waals surface area contributed by atoms with Gasteiger partial charge in [-0.05, 0) is 44.2 Å². The van der Waals surface area contributed by atoms with Crippen LogP contribution in [0.5, 0.6) is 17.2 Å². The third-order valence-electron chi connectivity index (χ3n) is 4.60. The molecule has 10 heteroatoms. The molecule has 0 N–H and O–H groups in total. The lowest BCUT2D eigenvalue weighted by molar-refractivity contribution is -0.148. The van der Waals surface area contributed by atoms with Crippen LogP contribution in [-0.2, 0) is 9.53 Å². The minimum absolute atomic E-state index is 0.246. The Morgan fingerprint density at radius 3 is 2.41 bits per heavy atom. The van der Waals surface area contributed by atoms with Crippen molar-refractivity contribution < 1.29 is 23.7 Å². The predicted molar refractivity (Wildman–Crippen MR) is 123 cm³/mol. The summed E-state index contributed by atoms with van der Waals surface area (Å²) in [5.41, 5.74) is 0.875. The number of methoxy groups -OCH3 is 3. The van der Waals surface area contributed by atoms with E-state index in [0.29, 0.717) is 33.8 Å². The van der Waals surface area contributed by atoms with Gasteiger partial charge >= 0.3 is 5.97 Å². The lowest BCUT2D eigenvalue weighted by Crippen LogP contribution is -2.25. The summed E-state index contributed by atoms with van der Waals surface area (Å²) in [6.07, 6.45) is 0.616. The first-order valence-electron chi connectivity index (χ1n) is 9.52.